The number of nitrogens with one attached hydrogen (secondary N) is 1. The van der Waals surface area contributed by atoms with Gasteiger partial charge in [-0.05, 0) is 23.9 Å². The fourth-order valence-electron chi connectivity index (χ4n) is 1.97. The van der Waals surface area contributed by atoms with Crippen molar-refractivity contribution in [1.82, 2.24) is 9.66 Å². The first kappa shape index (κ1) is 14.0. The Labute approximate surface area is 128 Å². The van der Waals surface area contributed by atoms with Gasteiger partial charge in [-0.3, -0.25) is 15.0 Å². The van der Waals surface area contributed by atoms with E-state index in [1.807, 2.05) is 30.5 Å². The van der Waals surface area contributed by atoms with E-state index in [9.17, 15) is 9.59 Å². The van der Waals surface area contributed by atoms with Gasteiger partial charge < -0.3 is 0 Å². The van der Waals surface area contributed by atoms with E-state index < -0.39 is 0 Å². The quantitative estimate of drug-likeness (QED) is 0.803. The number of hydrogen-bond donors (Lipinski definition) is 1. The highest BCUT2D eigenvalue weighted by atomic mass is 32.1. The van der Waals surface area contributed by atoms with E-state index in [0.717, 1.165) is 20.9 Å². The summed E-state index contributed by atoms with van der Waals surface area (Å²) >= 11 is 3.02. The van der Waals surface area contributed by atoms with Crippen LogP contribution in [0.4, 0.5) is 0 Å². The molecule has 108 valence electrons. The first-order chi connectivity index (χ1) is 10.2. The molecule has 3 aromatic heterocycles. The summed E-state index contributed by atoms with van der Waals surface area (Å²) in [7, 11) is 0. The van der Waals surface area contributed by atoms with E-state index >= 15 is 0 Å². The number of thiophene rings is 2. The highest BCUT2D eigenvalue weighted by molar-refractivity contribution is 7.18. The SMILES string of the molecule is CCc1cc2c(=O)n(NC(=O)Cc3cccs3)cnc2s1. The van der Waals surface area contributed by atoms with E-state index in [0.29, 0.717) is 10.2 Å². The molecule has 3 aromatic rings. The molecule has 0 saturated heterocycles. The lowest BCUT2D eigenvalue weighted by Gasteiger charge is -2.06. The topological polar surface area (TPSA) is 64.0 Å². The Kier molecular flexibility index (Phi) is 3.85. The van der Waals surface area contributed by atoms with E-state index in [4.69, 9.17) is 0 Å². The van der Waals surface area contributed by atoms with Crippen LogP contribution in [0.5, 0.6) is 0 Å². The van der Waals surface area contributed by atoms with Gasteiger partial charge >= 0.3 is 0 Å². The van der Waals surface area contributed by atoms with Crippen LogP contribution in [0.25, 0.3) is 10.2 Å². The molecule has 21 heavy (non-hydrogen) atoms. The van der Waals surface area contributed by atoms with Crippen LogP contribution in [0.1, 0.15) is 16.7 Å². The molecule has 0 aliphatic carbocycles. The van der Waals surface area contributed by atoms with Crippen molar-refractivity contribution in [2.75, 3.05) is 5.43 Å². The average molecular weight is 319 g/mol. The van der Waals surface area contributed by atoms with Crippen LogP contribution in [-0.4, -0.2) is 15.6 Å². The maximum atomic E-state index is 12.3. The van der Waals surface area contributed by atoms with Crippen molar-refractivity contribution < 1.29 is 4.79 Å². The molecule has 0 saturated carbocycles. The summed E-state index contributed by atoms with van der Waals surface area (Å²) in [5.74, 6) is -0.230. The third-order valence-corrected chi connectivity index (χ3v) is 5.08. The van der Waals surface area contributed by atoms with Crippen molar-refractivity contribution in [3.63, 3.8) is 0 Å². The summed E-state index contributed by atoms with van der Waals surface area (Å²) < 4.78 is 1.16. The van der Waals surface area contributed by atoms with Crippen molar-refractivity contribution in [2.45, 2.75) is 19.8 Å². The monoisotopic (exact) mass is 319 g/mol. The number of nitrogens with zero attached hydrogens (tertiary/aromatic N) is 2. The smallest absolute Gasteiger partial charge is 0.273 e. The molecule has 1 N–H and O–H groups in total. The Morgan fingerprint density at radius 1 is 1.43 bits per heavy atom. The lowest BCUT2D eigenvalue weighted by molar-refractivity contribution is -0.116. The van der Waals surface area contributed by atoms with E-state index in [1.54, 1.807) is 0 Å². The normalized spacial score (nSPS) is 10.9. The van der Waals surface area contributed by atoms with Gasteiger partial charge in [-0.1, -0.05) is 13.0 Å². The van der Waals surface area contributed by atoms with Crippen molar-refractivity contribution in [1.29, 1.82) is 0 Å². The second-order valence-corrected chi connectivity index (χ2v) is 6.64. The Balaban J connectivity index is 1.85. The third-order valence-electron chi connectivity index (χ3n) is 3.01. The second-order valence-electron chi connectivity index (χ2n) is 4.50. The second kappa shape index (κ2) is 5.79. The van der Waals surface area contributed by atoms with Gasteiger partial charge in [0.2, 0.25) is 5.91 Å². The van der Waals surface area contributed by atoms with Crippen molar-refractivity contribution >= 4 is 38.8 Å². The first-order valence-electron chi connectivity index (χ1n) is 6.49. The van der Waals surface area contributed by atoms with Gasteiger partial charge in [0.05, 0.1) is 11.8 Å². The molecule has 5 nitrogen and oxygen atoms in total. The zero-order valence-electron chi connectivity index (χ0n) is 11.3. The van der Waals surface area contributed by atoms with E-state index in [2.05, 4.69) is 10.4 Å². The fraction of sp³-hybridized carbons (Fsp3) is 0.214. The number of carbonyl (C=O) groups is 1. The summed E-state index contributed by atoms with van der Waals surface area (Å²) in [6.45, 7) is 2.03. The van der Waals surface area contributed by atoms with Gasteiger partial charge in [-0.2, -0.15) is 0 Å². The van der Waals surface area contributed by atoms with E-state index in [1.165, 1.54) is 29.0 Å². The Morgan fingerprint density at radius 2 is 2.29 bits per heavy atom. The minimum atomic E-state index is -0.240. The lowest BCUT2D eigenvalue weighted by Crippen LogP contribution is -2.33. The summed E-state index contributed by atoms with van der Waals surface area (Å²) in [4.78, 5) is 31.3. The Morgan fingerprint density at radius 3 is 3.00 bits per heavy atom. The Bertz CT molecular complexity index is 834. The predicted octanol–water partition coefficient (Wildman–Crippen LogP) is 2.39. The molecular weight excluding hydrogens is 306 g/mol. The standard InChI is InChI=1S/C14H13N3O2S2/c1-2-9-6-11-13(21-9)15-8-17(14(11)19)16-12(18)7-10-4-3-5-20-10/h3-6,8H,2,7H2,1H3,(H,16,18). The molecule has 0 radical (unpaired) electrons. The molecular formula is C14H13N3O2S2. The first-order valence-corrected chi connectivity index (χ1v) is 8.19. The predicted molar refractivity (Wildman–Crippen MR) is 85.6 cm³/mol. The minimum absolute atomic E-state index is 0.230. The van der Waals surface area contributed by atoms with Crippen molar-refractivity contribution in [3.05, 3.63) is 50.0 Å². The summed E-state index contributed by atoms with van der Waals surface area (Å²) in [6.07, 6.45) is 2.49. The number of rotatable bonds is 4. The maximum absolute atomic E-state index is 12.3. The molecule has 0 aliphatic heterocycles. The Hall–Kier alpha value is -1.99. The van der Waals surface area contributed by atoms with Crippen LogP contribution >= 0.6 is 22.7 Å². The van der Waals surface area contributed by atoms with Crippen LogP contribution in [-0.2, 0) is 17.6 Å². The molecule has 0 atom stereocenters. The molecule has 7 heteroatoms. The third kappa shape index (κ3) is 2.88. The van der Waals surface area contributed by atoms with Gasteiger partial charge in [0.15, 0.2) is 0 Å². The maximum Gasteiger partial charge on any atom is 0.280 e. The summed E-state index contributed by atoms with van der Waals surface area (Å²) in [5.41, 5.74) is 2.34. The number of aromatic nitrogens is 2. The van der Waals surface area contributed by atoms with Crippen LogP contribution in [0.15, 0.2) is 34.7 Å². The van der Waals surface area contributed by atoms with Crippen LogP contribution in [0, 0.1) is 0 Å². The summed E-state index contributed by atoms with van der Waals surface area (Å²) in [6, 6.07) is 5.63. The number of fused-ring (bicyclic) bond motifs is 1. The van der Waals surface area contributed by atoms with Crippen molar-refractivity contribution in [3.8, 4) is 0 Å². The highest BCUT2D eigenvalue weighted by Gasteiger charge is 2.10. The average Bonchev–Trinajstić information content (AvgIpc) is 3.11. The number of aryl methyl sites for hydroxylation is 1. The van der Waals surface area contributed by atoms with Gasteiger partial charge in [0.25, 0.3) is 5.56 Å². The zero-order chi connectivity index (χ0) is 14.8. The largest absolute Gasteiger partial charge is 0.280 e. The van der Waals surface area contributed by atoms with Crippen LogP contribution < -0.4 is 11.0 Å². The van der Waals surface area contributed by atoms with Crippen LogP contribution in [0.3, 0.4) is 0 Å². The van der Waals surface area contributed by atoms with Gasteiger partial charge in [-0.25, -0.2) is 9.66 Å². The van der Waals surface area contributed by atoms with Crippen LogP contribution in [0.2, 0.25) is 0 Å². The van der Waals surface area contributed by atoms with Gasteiger partial charge in [0, 0.05) is 9.75 Å². The molecule has 0 aromatic carbocycles. The highest BCUT2D eigenvalue weighted by Crippen LogP contribution is 2.20. The number of amides is 1. The molecule has 0 spiro atoms. The van der Waals surface area contributed by atoms with Crippen molar-refractivity contribution in [2.24, 2.45) is 0 Å². The molecule has 3 rings (SSSR count). The summed E-state index contributed by atoms with van der Waals surface area (Å²) in [5, 5.41) is 2.47. The number of hydrogen-bond acceptors (Lipinski definition) is 5. The zero-order valence-corrected chi connectivity index (χ0v) is 13.0. The lowest BCUT2D eigenvalue weighted by atomic mass is 10.3. The fourth-order valence-corrected chi connectivity index (χ4v) is 3.60. The molecule has 0 unspecified atom stereocenters. The molecule has 0 aliphatic rings. The number of carbonyl (C=O) groups excluding carboxylic acids is 1. The molecule has 3 heterocycles. The van der Waals surface area contributed by atoms with Gasteiger partial charge in [-0.15, -0.1) is 22.7 Å². The molecule has 1 amide bonds. The molecule has 0 fully saturated rings. The minimum Gasteiger partial charge on any atom is -0.273 e. The van der Waals surface area contributed by atoms with E-state index in [-0.39, 0.29) is 17.9 Å². The molecule has 0 bridgehead atoms. The van der Waals surface area contributed by atoms with Gasteiger partial charge in [0.1, 0.15) is 11.2 Å².